The highest BCUT2D eigenvalue weighted by molar-refractivity contribution is 5.77. The van der Waals surface area contributed by atoms with E-state index in [1.54, 1.807) is 0 Å². The van der Waals surface area contributed by atoms with Crippen molar-refractivity contribution < 1.29 is 31.1 Å². The van der Waals surface area contributed by atoms with Crippen LogP contribution in [0.4, 0.5) is 26.3 Å². The molecular formula is C5H5F6NO. The Kier molecular flexibility index (Phi) is 3.31. The number of alkyl halides is 6. The Morgan fingerprint density at radius 1 is 1.08 bits per heavy atom. The minimum Gasteiger partial charge on any atom is -0.299 e. The third-order valence-electron chi connectivity index (χ3n) is 0.993. The van der Waals surface area contributed by atoms with Crippen molar-refractivity contribution in [3.63, 3.8) is 0 Å². The fourth-order valence-corrected chi connectivity index (χ4v) is 0.546. The Hall–Kier alpha value is -0.790. The van der Waals surface area contributed by atoms with E-state index in [-0.39, 0.29) is 0 Å². The summed E-state index contributed by atoms with van der Waals surface area (Å²) in [6, 6.07) is 0. The molecule has 0 aliphatic heterocycles. The van der Waals surface area contributed by atoms with Crippen LogP contribution in [0.5, 0.6) is 0 Å². The molecule has 13 heavy (non-hydrogen) atoms. The van der Waals surface area contributed by atoms with Crippen LogP contribution in [0.25, 0.3) is 0 Å². The molecule has 0 bridgehead atoms. The molecule has 0 N–H and O–H groups in total. The van der Waals surface area contributed by atoms with E-state index in [4.69, 9.17) is 0 Å². The summed E-state index contributed by atoms with van der Waals surface area (Å²) in [5.41, 5.74) is 0. The van der Waals surface area contributed by atoms with Gasteiger partial charge in [-0.3, -0.25) is 4.79 Å². The smallest absolute Gasteiger partial charge is 0.299 e. The molecule has 0 aromatic heterocycles. The third kappa shape index (κ3) is 4.11. The van der Waals surface area contributed by atoms with Gasteiger partial charge in [-0.15, -0.1) is 4.90 Å². The first-order valence-electron chi connectivity index (χ1n) is 2.96. The molecule has 78 valence electrons. The summed E-state index contributed by atoms with van der Waals surface area (Å²) in [5.74, 6) is -1.21. The number of ketones is 1. The number of carbonyl (C=O) groups is 1. The molecule has 0 fully saturated rings. The van der Waals surface area contributed by atoms with Crippen molar-refractivity contribution in [2.75, 3.05) is 6.54 Å². The Morgan fingerprint density at radius 2 is 1.38 bits per heavy atom. The van der Waals surface area contributed by atoms with Crippen LogP contribution in [-0.4, -0.2) is 29.8 Å². The number of rotatable bonds is 2. The molecule has 0 aromatic rings. The molecule has 0 saturated heterocycles. The Labute approximate surface area is 69.1 Å². The maximum atomic E-state index is 11.6. The van der Waals surface area contributed by atoms with E-state index >= 15 is 0 Å². The number of hydrogen-bond donors (Lipinski definition) is 0. The largest absolute Gasteiger partial charge is 0.467 e. The Balaban J connectivity index is 4.68. The summed E-state index contributed by atoms with van der Waals surface area (Å²) >= 11 is 0. The van der Waals surface area contributed by atoms with Crippen LogP contribution in [0.3, 0.4) is 0 Å². The van der Waals surface area contributed by atoms with Gasteiger partial charge in [-0.25, -0.2) is 0 Å². The zero-order valence-corrected chi connectivity index (χ0v) is 6.33. The molecule has 2 nitrogen and oxygen atoms in total. The lowest BCUT2D eigenvalue weighted by Crippen LogP contribution is -2.50. The third-order valence-corrected chi connectivity index (χ3v) is 0.993. The van der Waals surface area contributed by atoms with E-state index in [2.05, 4.69) is 0 Å². The standard InChI is InChI=1S/C5H5F6NO/c1-3(13)2-12(4(6,7)8)5(9,10)11/h2H2,1H3. The molecule has 0 aromatic carbocycles. The molecule has 8 heteroatoms. The first kappa shape index (κ1) is 12.2. The highest BCUT2D eigenvalue weighted by Gasteiger charge is 2.53. The maximum Gasteiger partial charge on any atom is 0.467 e. The van der Waals surface area contributed by atoms with Crippen molar-refractivity contribution in [2.45, 2.75) is 19.5 Å². The second-order valence-electron chi connectivity index (χ2n) is 2.22. The number of halogens is 6. The normalized spacial score (nSPS) is 13.5. The van der Waals surface area contributed by atoms with Crippen molar-refractivity contribution >= 4 is 5.78 Å². The van der Waals surface area contributed by atoms with Crippen molar-refractivity contribution in [3.8, 4) is 0 Å². The summed E-state index contributed by atoms with van der Waals surface area (Å²) < 4.78 is 69.8. The summed E-state index contributed by atoms with van der Waals surface area (Å²) in [7, 11) is 0. The second kappa shape index (κ2) is 3.52. The van der Waals surface area contributed by atoms with Gasteiger partial charge in [0.25, 0.3) is 0 Å². The van der Waals surface area contributed by atoms with Crippen LogP contribution >= 0.6 is 0 Å². The zero-order chi connectivity index (χ0) is 10.9. The molecule has 0 rings (SSSR count). The number of carbonyl (C=O) groups excluding carboxylic acids is 1. The summed E-state index contributed by atoms with van der Waals surface area (Å²) in [6.07, 6.45) is -11.2. The van der Waals surface area contributed by atoms with E-state index in [9.17, 15) is 31.1 Å². The monoisotopic (exact) mass is 209 g/mol. The van der Waals surface area contributed by atoms with Gasteiger partial charge in [0.05, 0.1) is 6.54 Å². The van der Waals surface area contributed by atoms with Gasteiger partial charge in [0, 0.05) is 0 Å². The van der Waals surface area contributed by atoms with Crippen molar-refractivity contribution in [1.29, 1.82) is 0 Å². The van der Waals surface area contributed by atoms with Gasteiger partial charge in [0.15, 0.2) is 0 Å². The van der Waals surface area contributed by atoms with Gasteiger partial charge < -0.3 is 0 Å². The molecule has 0 unspecified atom stereocenters. The van der Waals surface area contributed by atoms with E-state index in [1.807, 2.05) is 0 Å². The van der Waals surface area contributed by atoms with Gasteiger partial charge in [0.1, 0.15) is 5.78 Å². The lowest BCUT2D eigenvalue weighted by atomic mass is 10.4. The topological polar surface area (TPSA) is 20.3 Å². The minimum absolute atomic E-state index is 0.643. The zero-order valence-electron chi connectivity index (χ0n) is 6.33. The minimum atomic E-state index is -5.58. The summed E-state index contributed by atoms with van der Waals surface area (Å²) in [6.45, 7) is -1.07. The molecular weight excluding hydrogens is 204 g/mol. The average molecular weight is 209 g/mol. The van der Waals surface area contributed by atoms with Gasteiger partial charge >= 0.3 is 12.6 Å². The summed E-state index contributed by atoms with van der Waals surface area (Å²) in [4.78, 5) is 8.33. The molecule has 0 heterocycles. The highest BCUT2D eigenvalue weighted by Crippen LogP contribution is 2.32. The lowest BCUT2D eigenvalue weighted by Gasteiger charge is -2.25. The van der Waals surface area contributed by atoms with Gasteiger partial charge in [-0.1, -0.05) is 0 Å². The molecule has 0 radical (unpaired) electrons. The van der Waals surface area contributed by atoms with E-state index in [1.165, 1.54) is 0 Å². The maximum absolute atomic E-state index is 11.6. The van der Waals surface area contributed by atoms with Gasteiger partial charge in [-0.05, 0) is 6.92 Å². The van der Waals surface area contributed by atoms with Crippen molar-refractivity contribution in [3.05, 3.63) is 0 Å². The van der Waals surface area contributed by atoms with Crippen molar-refractivity contribution in [2.24, 2.45) is 0 Å². The first-order chi connectivity index (χ1) is 5.55. The second-order valence-corrected chi connectivity index (χ2v) is 2.22. The fraction of sp³-hybridized carbons (Fsp3) is 0.800. The molecule has 0 spiro atoms. The number of Topliss-reactive ketones (excluding diaryl/α,β-unsaturated/α-hetero) is 1. The van der Waals surface area contributed by atoms with Crippen LogP contribution in [0, 0.1) is 0 Å². The van der Waals surface area contributed by atoms with E-state index in [0.717, 1.165) is 0 Å². The predicted molar refractivity (Wildman–Crippen MR) is 29.5 cm³/mol. The van der Waals surface area contributed by atoms with Crippen LogP contribution in [0.1, 0.15) is 6.92 Å². The predicted octanol–water partition coefficient (Wildman–Crippen LogP) is 1.92. The Bertz CT molecular complexity index is 180. The molecule has 0 atom stereocenters. The van der Waals surface area contributed by atoms with Gasteiger partial charge in [0.2, 0.25) is 0 Å². The number of hydrogen-bond acceptors (Lipinski definition) is 2. The molecule has 0 amide bonds. The quantitative estimate of drug-likeness (QED) is 0.511. The summed E-state index contributed by atoms with van der Waals surface area (Å²) in [5, 5.41) is 0. The SMILES string of the molecule is CC(=O)CN(C(F)(F)F)C(F)(F)F. The van der Waals surface area contributed by atoms with Crippen LogP contribution in [0.2, 0.25) is 0 Å². The highest BCUT2D eigenvalue weighted by atomic mass is 19.4. The molecule has 0 aliphatic rings. The van der Waals surface area contributed by atoms with E-state index < -0.39 is 29.8 Å². The molecule has 0 aliphatic carbocycles. The van der Waals surface area contributed by atoms with Crippen LogP contribution < -0.4 is 0 Å². The molecule has 0 saturated carbocycles. The average Bonchev–Trinajstić information content (AvgIpc) is 1.77. The first-order valence-corrected chi connectivity index (χ1v) is 2.96. The Morgan fingerprint density at radius 3 is 1.46 bits per heavy atom. The van der Waals surface area contributed by atoms with Crippen LogP contribution in [0.15, 0.2) is 0 Å². The fourth-order valence-electron chi connectivity index (χ4n) is 0.546. The van der Waals surface area contributed by atoms with Crippen LogP contribution in [-0.2, 0) is 4.79 Å². The van der Waals surface area contributed by atoms with E-state index in [0.29, 0.717) is 6.92 Å². The van der Waals surface area contributed by atoms with Crippen molar-refractivity contribution in [1.82, 2.24) is 4.90 Å². The van der Waals surface area contributed by atoms with Gasteiger partial charge in [-0.2, -0.15) is 26.3 Å². The lowest BCUT2D eigenvalue weighted by molar-refractivity contribution is -0.369. The number of nitrogens with zero attached hydrogens (tertiary/aromatic N) is 1.